The topological polar surface area (TPSA) is 140 Å². The Morgan fingerprint density at radius 3 is 2.44 bits per heavy atom. The van der Waals surface area contributed by atoms with E-state index in [1.165, 1.54) is 11.8 Å². The van der Waals surface area contributed by atoms with Crippen molar-refractivity contribution < 1.29 is 14.7 Å². The predicted octanol–water partition coefficient (Wildman–Crippen LogP) is 0.943. The second-order valence-electron chi connectivity index (χ2n) is 7.89. The van der Waals surface area contributed by atoms with Gasteiger partial charge in [-0.05, 0) is 42.2 Å². The van der Waals surface area contributed by atoms with Crippen LogP contribution in [-0.4, -0.2) is 44.5 Å². The van der Waals surface area contributed by atoms with Gasteiger partial charge in [0.15, 0.2) is 0 Å². The molecule has 2 atom stereocenters. The number of benzene rings is 2. The zero-order valence-corrected chi connectivity index (χ0v) is 19.2. The van der Waals surface area contributed by atoms with E-state index in [-0.39, 0.29) is 18.2 Å². The number of thioether (sulfide) groups is 1. The first kappa shape index (κ1) is 23.4. The maximum atomic E-state index is 13.4. The lowest BCUT2D eigenvalue weighted by atomic mass is 10.0. The van der Waals surface area contributed by atoms with Crippen molar-refractivity contribution in [1.82, 2.24) is 19.9 Å². The van der Waals surface area contributed by atoms with E-state index >= 15 is 0 Å². The molecule has 9 nitrogen and oxygen atoms in total. The molecule has 34 heavy (non-hydrogen) atoms. The molecule has 0 unspecified atom stereocenters. The first-order valence-corrected chi connectivity index (χ1v) is 12.1. The molecule has 0 fully saturated rings. The van der Waals surface area contributed by atoms with Crippen LogP contribution in [0.15, 0.2) is 64.3 Å². The number of carbonyl (C=O) groups excluding carboxylic acids is 2. The number of carboxylic acid groups (broad SMARTS) is 1. The second-order valence-corrected chi connectivity index (χ2v) is 8.88. The number of aliphatic carboxylic acids is 1. The quantitative estimate of drug-likeness (QED) is 0.326. The van der Waals surface area contributed by atoms with Crippen LogP contribution in [0, 0.1) is 0 Å². The van der Waals surface area contributed by atoms with Crippen molar-refractivity contribution in [2.24, 2.45) is 0 Å². The van der Waals surface area contributed by atoms with Crippen molar-refractivity contribution in [3.8, 4) is 0 Å². The van der Waals surface area contributed by atoms with E-state index in [0.29, 0.717) is 16.8 Å². The van der Waals surface area contributed by atoms with E-state index in [1.807, 2.05) is 30.5 Å². The van der Waals surface area contributed by atoms with Crippen molar-refractivity contribution in [1.29, 1.82) is 0 Å². The number of carbonyl (C=O) groups is 2. The fraction of sp³-hybridized carbons (Fsp3) is 0.250. The number of nitrogens with zero attached hydrogens (tertiary/aromatic N) is 1. The Labute approximate surface area is 198 Å². The smallest absolute Gasteiger partial charge is 0.329 e. The minimum atomic E-state index is -1.42. The Bertz CT molecular complexity index is 1470. The molecule has 0 radical (unpaired) electrons. The highest BCUT2D eigenvalue weighted by atomic mass is 32.2. The Morgan fingerprint density at radius 2 is 1.74 bits per heavy atom. The van der Waals surface area contributed by atoms with Gasteiger partial charge in [0.25, 0.3) is 5.56 Å². The SMILES string of the molecule is CSCC[C@H](NC(=O)[C@@H](Cc1c[nH]c2ccccc12)n1c(=O)[nH]c2ccccc2c1=O)C(=O)[O-]. The number of fused-ring (bicyclic) bond motifs is 2. The van der Waals surface area contributed by atoms with Gasteiger partial charge in [0, 0.05) is 23.5 Å². The summed E-state index contributed by atoms with van der Waals surface area (Å²) in [5.74, 6) is -1.68. The fourth-order valence-electron chi connectivity index (χ4n) is 4.02. The molecule has 0 spiro atoms. The van der Waals surface area contributed by atoms with Gasteiger partial charge in [-0.2, -0.15) is 11.8 Å². The van der Waals surface area contributed by atoms with E-state index in [4.69, 9.17) is 0 Å². The van der Waals surface area contributed by atoms with Crippen LogP contribution in [0.1, 0.15) is 18.0 Å². The monoisotopic (exact) mass is 479 g/mol. The van der Waals surface area contributed by atoms with Crippen molar-refractivity contribution >= 4 is 45.4 Å². The van der Waals surface area contributed by atoms with E-state index in [9.17, 15) is 24.3 Å². The number of carboxylic acids is 1. The summed E-state index contributed by atoms with van der Waals surface area (Å²) in [6.45, 7) is 0. The Morgan fingerprint density at radius 1 is 1.06 bits per heavy atom. The van der Waals surface area contributed by atoms with Gasteiger partial charge in [0.1, 0.15) is 6.04 Å². The average molecular weight is 480 g/mol. The fourth-order valence-corrected chi connectivity index (χ4v) is 4.49. The number of rotatable bonds is 9. The molecular weight excluding hydrogens is 456 g/mol. The number of hydrogen-bond acceptors (Lipinski definition) is 6. The van der Waals surface area contributed by atoms with Crippen LogP contribution in [0.4, 0.5) is 0 Å². The van der Waals surface area contributed by atoms with Gasteiger partial charge < -0.3 is 25.2 Å². The number of nitrogens with one attached hydrogen (secondary N) is 3. The van der Waals surface area contributed by atoms with Crippen LogP contribution in [0.25, 0.3) is 21.8 Å². The lowest BCUT2D eigenvalue weighted by Crippen LogP contribution is -2.52. The number of amides is 1. The van der Waals surface area contributed by atoms with E-state index in [0.717, 1.165) is 15.5 Å². The van der Waals surface area contributed by atoms with Crippen LogP contribution >= 0.6 is 11.8 Å². The molecule has 0 saturated carbocycles. The third-order valence-corrected chi connectivity index (χ3v) is 6.39. The zero-order valence-electron chi connectivity index (χ0n) is 18.4. The van der Waals surface area contributed by atoms with Crippen LogP contribution in [-0.2, 0) is 16.0 Å². The number of para-hydroxylation sites is 2. The Hall–Kier alpha value is -3.79. The standard InChI is InChI=1S/C24H24N4O5S/c1-34-11-10-19(23(31)32)26-21(29)20(12-14-13-25-17-8-4-2-6-15(14)17)28-22(30)16-7-3-5-9-18(16)27-24(28)33/h2-9,13,19-20,25H,10-12H2,1H3,(H,26,29)(H,27,33)(H,31,32)/p-1/t19-,20+/m0/s1. The molecule has 2 aromatic carbocycles. The minimum Gasteiger partial charge on any atom is -0.548 e. The van der Waals surface area contributed by atoms with Crippen LogP contribution in [0.2, 0.25) is 0 Å². The molecule has 0 aliphatic heterocycles. The molecule has 0 saturated heterocycles. The number of aromatic amines is 2. The summed E-state index contributed by atoms with van der Waals surface area (Å²) in [5.41, 5.74) is 0.521. The molecule has 4 rings (SSSR count). The van der Waals surface area contributed by atoms with E-state index in [2.05, 4.69) is 15.3 Å². The number of H-pyrrole nitrogens is 2. The second kappa shape index (κ2) is 10.0. The summed E-state index contributed by atoms with van der Waals surface area (Å²) < 4.78 is 0.861. The van der Waals surface area contributed by atoms with Crippen LogP contribution in [0.5, 0.6) is 0 Å². The lowest BCUT2D eigenvalue weighted by molar-refractivity contribution is -0.308. The first-order chi connectivity index (χ1) is 16.4. The lowest BCUT2D eigenvalue weighted by Gasteiger charge is -2.24. The van der Waals surface area contributed by atoms with Crippen molar-refractivity contribution in [2.45, 2.75) is 24.9 Å². The maximum absolute atomic E-state index is 13.4. The van der Waals surface area contributed by atoms with Gasteiger partial charge in [-0.3, -0.25) is 9.59 Å². The molecule has 0 aliphatic carbocycles. The highest BCUT2D eigenvalue weighted by Crippen LogP contribution is 2.22. The molecule has 2 heterocycles. The molecule has 176 valence electrons. The minimum absolute atomic E-state index is 0.000527. The molecule has 0 bridgehead atoms. The molecule has 4 aromatic rings. The third-order valence-electron chi connectivity index (χ3n) is 5.75. The highest BCUT2D eigenvalue weighted by molar-refractivity contribution is 7.98. The first-order valence-electron chi connectivity index (χ1n) is 10.7. The Balaban J connectivity index is 1.81. The summed E-state index contributed by atoms with van der Waals surface area (Å²) in [7, 11) is 0. The normalized spacial score (nSPS) is 13.1. The van der Waals surface area contributed by atoms with Gasteiger partial charge in [-0.25, -0.2) is 9.36 Å². The number of aromatic nitrogens is 3. The van der Waals surface area contributed by atoms with Crippen LogP contribution in [0.3, 0.4) is 0 Å². The largest absolute Gasteiger partial charge is 0.548 e. The van der Waals surface area contributed by atoms with Gasteiger partial charge >= 0.3 is 5.69 Å². The van der Waals surface area contributed by atoms with Crippen molar-refractivity contribution in [3.63, 3.8) is 0 Å². The van der Waals surface area contributed by atoms with Crippen molar-refractivity contribution in [3.05, 3.63) is 81.1 Å². The van der Waals surface area contributed by atoms with Gasteiger partial charge in [-0.15, -0.1) is 0 Å². The van der Waals surface area contributed by atoms with E-state index < -0.39 is 35.2 Å². The maximum Gasteiger partial charge on any atom is 0.329 e. The predicted molar refractivity (Wildman–Crippen MR) is 130 cm³/mol. The van der Waals surface area contributed by atoms with Crippen molar-refractivity contribution in [2.75, 3.05) is 12.0 Å². The summed E-state index contributed by atoms with van der Waals surface area (Å²) in [6, 6.07) is 11.4. The molecule has 2 aromatic heterocycles. The summed E-state index contributed by atoms with van der Waals surface area (Å²) in [5, 5.41) is 15.2. The molecule has 10 heteroatoms. The third kappa shape index (κ3) is 4.62. The molecule has 0 aliphatic rings. The summed E-state index contributed by atoms with van der Waals surface area (Å²) in [6.07, 6.45) is 3.69. The molecular formula is C24H23N4O5S-. The average Bonchev–Trinajstić information content (AvgIpc) is 3.23. The highest BCUT2D eigenvalue weighted by Gasteiger charge is 2.28. The van der Waals surface area contributed by atoms with E-state index in [1.54, 1.807) is 30.5 Å². The zero-order chi connectivity index (χ0) is 24.2. The van der Waals surface area contributed by atoms with Gasteiger partial charge in [0.2, 0.25) is 5.91 Å². The number of hydrogen-bond donors (Lipinski definition) is 3. The summed E-state index contributed by atoms with van der Waals surface area (Å²) in [4.78, 5) is 57.1. The Kier molecular flexibility index (Phi) is 6.87. The molecule has 1 amide bonds. The summed E-state index contributed by atoms with van der Waals surface area (Å²) >= 11 is 1.43. The van der Waals surface area contributed by atoms with Crippen LogP contribution < -0.4 is 21.7 Å². The molecule has 3 N–H and O–H groups in total. The van der Waals surface area contributed by atoms with Gasteiger partial charge in [-0.1, -0.05) is 30.3 Å². The van der Waals surface area contributed by atoms with Gasteiger partial charge in [0.05, 0.1) is 22.9 Å².